The zero-order chi connectivity index (χ0) is 24.7. The Morgan fingerprint density at radius 2 is 1.71 bits per heavy atom. The van der Waals surface area contributed by atoms with Gasteiger partial charge < -0.3 is 14.8 Å². The van der Waals surface area contributed by atoms with Crippen molar-refractivity contribution in [2.45, 2.75) is 24.3 Å². The van der Waals surface area contributed by atoms with Crippen LogP contribution in [0.5, 0.6) is 11.5 Å². The highest BCUT2D eigenvalue weighted by Gasteiger charge is 2.29. The minimum Gasteiger partial charge on any atom is -0.495 e. The number of rotatable bonds is 10. The van der Waals surface area contributed by atoms with E-state index in [1.165, 1.54) is 31.4 Å². The number of halogens is 2. The highest BCUT2D eigenvalue weighted by Crippen LogP contribution is 2.29. The van der Waals surface area contributed by atoms with Crippen molar-refractivity contribution < 1.29 is 22.7 Å². The Morgan fingerprint density at radius 3 is 2.35 bits per heavy atom. The molecule has 2 N–H and O–H groups in total. The summed E-state index contributed by atoms with van der Waals surface area (Å²) >= 11 is 12.2. The molecule has 1 unspecified atom stereocenters. The molecule has 0 fully saturated rings. The third-order valence-corrected chi connectivity index (χ3v) is 6.83. The van der Waals surface area contributed by atoms with E-state index in [0.29, 0.717) is 16.5 Å². The molecule has 0 spiro atoms. The van der Waals surface area contributed by atoms with Gasteiger partial charge >= 0.3 is 0 Å². The lowest BCUT2D eigenvalue weighted by molar-refractivity contribution is -0.117. The molecular formula is C24H24Cl2N2O5S. The van der Waals surface area contributed by atoms with Gasteiger partial charge in [0.15, 0.2) is 0 Å². The van der Waals surface area contributed by atoms with Gasteiger partial charge in [0, 0.05) is 10.7 Å². The van der Waals surface area contributed by atoms with E-state index in [1.807, 2.05) is 30.3 Å². The van der Waals surface area contributed by atoms with Crippen LogP contribution in [0.2, 0.25) is 10.0 Å². The van der Waals surface area contributed by atoms with Crippen LogP contribution in [-0.2, 0) is 21.2 Å². The van der Waals surface area contributed by atoms with E-state index in [2.05, 4.69) is 10.0 Å². The molecule has 0 heterocycles. The lowest BCUT2D eigenvalue weighted by Gasteiger charge is -2.20. The molecule has 1 atom stereocenters. The van der Waals surface area contributed by atoms with Gasteiger partial charge in [-0.25, -0.2) is 8.42 Å². The van der Waals surface area contributed by atoms with E-state index in [1.54, 1.807) is 19.1 Å². The fourth-order valence-corrected chi connectivity index (χ4v) is 5.09. The molecule has 3 aromatic carbocycles. The molecule has 7 nitrogen and oxygen atoms in total. The van der Waals surface area contributed by atoms with Crippen LogP contribution in [0.1, 0.15) is 12.5 Å². The molecule has 0 aliphatic rings. The standard InChI is InChI=1S/C24H24Cl2N2O5S/c1-3-33-22-11-9-17(25)14-23(22)34(30,31)28-20(13-16-7-5-4-6-8-16)24(29)27-18-10-12-21(32-2)19(26)15-18/h4-12,14-15,20,28H,3,13H2,1-2H3,(H,27,29). The van der Waals surface area contributed by atoms with Gasteiger partial charge in [0.2, 0.25) is 15.9 Å². The van der Waals surface area contributed by atoms with Crippen LogP contribution < -0.4 is 19.5 Å². The van der Waals surface area contributed by atoms with Gasteiger partial charge in [-0.2, -0.15) is 4.72 Å². The summed E-state index contributed by atoms with van der Waals surface area (Å²) in [5.41, 5.74) is 1.17. The van der Waals surface area contributed by atoms with E-state index in [4.69, 9.17) is 32.7 Å². The summed E-state index contributed by atoms with van der Waals surface area (Å²) < 4.78 is 39.7. The summed E-state index contributed by atoms with van der Waals surface area (Å²) in [7, 11) is -2.69. The molecule has 0 aromatic heterocycles. The Hall–Kier alpha value is -2.78. The zero-order valence-electron chi connectivity index (χ0n) is 18.5. The highest BCUT2D eigenvalue weighted by atomic mass is 35.5. The van der Waals surface area contributed by atoms with Crippen LogP contribution in [0.3, 0.4) is 0 Å². The first-order valence-corrected chi connectivity index (χ1v) is 12.6. The average molecular weight is 523 g/mol. The van der Waals surface area contributed by atoms with Crippen LogP contribution in [0, 0.1) is 0 Å². The van der Waals surface area contributed by atoms with E-state index in [0.717, 1.165) is 5.56 Å². The summed E-state index contributed by atoms with van der Waals surface area (Å²) in [6, 6.07) is 17.0. The van der Waals surface area contributed by atoms with Crippen molar-refractivity contribution in [3.8, 4) is 11.5 Å². The first-order chi connectivity index (χ1) is 16.2. The number of nitrogens with one attached hydrogen (secondary N) is 2. The molecule has 0 aliphatic heterocycles. The minimum absolute atomic E-state index is 0.111. The molecule has 3 aromatic rings. The molecule has 3 rings (SSSR count). The van der Waals surface area contributed by atoms with Crippen molar-refractivity contribution in [2.24, 2.45) is 0 Å². The van der Waals surface area contributed by atoms with Crippen LogP contribution in [0.4, 0.5) is 5.69 Å². The second kappa shape index (κ2) is 11.6. The average Bonchev–Trinajstić information content (AvgIpc) is 2.80. The van der Waals surface area contributed by atoms with Gasteiger partial charge in [-0.1, -0.05) is 53.5 Å². The van der Waals surface area contributed by atoms with Gasteiger partial charge in [-0.15, -0.1) is 0 Å². The number of carbonyl (C=O) groups excluding carboxylic acids is 1. The molecule has 0 saturated carbocycles. The van der Waals surface area contributed by atoms with Gasteiger partial charge in [-0.3, -0.25) is 4.79 Å². The molecule has 0 saturated heterocycles. The van der Waals surface area contributed by atoms with E-state index < -0.39 is 22.0 Å². The van der Waals surface area contributed by atoms with Crippen LogP contribution in [0.25, 0.3) is 0 Å². The first-order valence-electron chi connectivity index (χ1n) is 10.4. The summed E-state index contributed by atoms with van der Waals surface area (Å²) in [5, 5.41) is 3.25. The van der Waals surface area contributed by atoms with Crippen molar-refractivity contribution >= 4 is 44.8 Å². The second-order valence-corrected chi connectivity index (χ2v) is 9.75. The fraction of sp³-hybridized carbons (Fsp3) is 0.208. The Labute approximate surface area is 209 Å². The Morgan fingerprint density at radius 1 is 1.00 bits per heavy atom. The molecule has 1 amide bonds. The molecule has 180 valence electrons. The van der Waals surface area contributed by atoms with Gasteiger partial charge in [0.25, 0.3) is 0 Å². The van der Waals surface area contributed by atoms with Crippen molar-refractivity contribution in [1.29, 1.82) is 0 Å². The molecule has 0 bridgehead atoms. The van der Waals surface area contributed by atoms with Crippen molar-refractivity contribution in [1.82, 2.24) is 4.72 Å². The van der Waals surface area contributed by atoms with Gasteiger partial charge in [-0.05, 0) is 55.3 Å². The van der Waals surface area contributed by atoms with Gasteiger partial charge in [0.05, 0.1) is 18.7 Å². The Bertz CT molecular complexity index is 1250. The maximum absolute atomic E-state index is 13.3. The molecule has 0 radical (unpaired) electrons. The SMILES string of the molecule is CCOc1ccc(Cl)cc1S(=O)(=O)NC(Cc1ccccc1)C(=O)Nc1ccc(OC)c(Cl)c1. The molecule has 0 aliphatic carbocycles. The lowest BCUT2D eigenvalue weighted by Crippen LogP contribution is -2.45. The molecule has 10 heteroatoms. The number of amides is 1. The van der Waals surface area contributed by atoms with Gasteiger partial charge in [0.1, 0.15) is 22.4 Å². The van der Waals surface area contributed by atoms with Crippen molar-refractivity contribution in [3.63, 3.8) is 0 Å². The number of hydrogen-bond acceptors (Lipinski definition) is 5. The summed E-state index contributed by atoms with van der Waals surface area (Å²) in [6.07, 6.45) is 0.111. The highest BCUT2D eigenvalue weighted by molar-refractivity contribution is 7.89. The first kappa shape index (κ1) is 25.8. The van der Waals surface area contributed by atoms with Crippen LogP contribution in [-0.4, -0.2) is 34.1 Å². The minimum atomic E-state index is -4.18. The zero-order valence-corrected chi connectivity index (χ0v) is 20.9. The van der Waals surface area contributed by atoms with E-state index in [9.17, 15) is 13.2 Å². The molecular weight excluding hydrogens is 499 g/mol. The third kappa shape index (κ3) is 6.64. The van der Waals surface area contributed by atoms with E-state index in [-0.39, 0.29) is 28.7 Å². The fourth-order valence-electron chi connectivity index (χ4n) is 3.23. The predicted molar refractivity (Wildman–Crippen MR) is 134 cm³/mol. The summed E-state index contributed by atoms with van der Waals surface area (Å²) in [4.78, 5) is 13.0. The largest absolute Gasteiger partial charge is 0.495 e. The summed E-state index contributed by atoms with van der Waals surface area (Å²) in [5.74, 6) is 0.0273. The van der Waals surface area contributed by atoms with Crippen molar-refractivity contribution in [3.05, 3.63) is 82.3 Å². The van der Waals surface area contributed by atoms with Crippen molar-refractivity contribution in [2.75, 3.05) is 19.0 Å². The Balaban J connectivity index is 1.92. The maximum atomic E-state index is 13.3. The number of carbonyl (C=O) groups is 1. The normalized spacial score (nSPS) is 12.1. The monoisotopic (exact) mass is 522 g/mol. The number of ether oxygens (including phenoxy) is 2. The second-order valence-electron chi connectivity index (χ2n) is 7.23. The van der Waals surface area contributed by atoms with E-state index >= 15 is 0 Å². The Kier molecular flexibility index (Phi) is 8.79. The lowest BCUT2D eigenvalue weighted by atomic mass is 10.1. The quantitative estimate of drug-likeness (QED) is 0.393. The number of hydrogen-bond donors (Lipinski definition) is 2. The number of sulfonamides is 1. The van der Waals surface area contributed by atoms with Crippen LogP contribution in [0.15, 0.2) is 71.6 Å². The number of anilines is 1. The predicted octanol–water partition coefficient (Wildman–Crippen LogP) is 4.93. The topological polar surface area (TPSA) is 93.7 Å². The molecule has 34 heavy (non-hydrogen) atoms. The number of benzene rings is 3. The summed E-state index contributed by atoms with van der Waals surface area (Å²) in [6.45, 7) is 2.00. The maximum Gasteiger partial charge on any atom is 0.245 e. The van der Waals surface area contributed by atoms with Crippen LogP contribution >= 0.6 is 23.2 Å². The smallest absolute Gasteiger partial charge is 0.245 e. The third-order valence-electron chi connectivity index (χ3n) is 4.81. The number of methoxy groups -OCH3 is 1.